The molecule has 0 radical (unpaired) electrons. The summed E-state index contributed by atoms with van der Waals surface area (Å²) in [4.78, 5) is 13.8. The summed E-state index contributed by atoms with van der Waals surface area (Å²) in [5.74, 6) is 3.87. The highest BCUT2D eigenvalue weighted by molar-refractivity contribution is 9.10. The van der Waals surface area contributed by atoms with Gasteiger partial charge in [0.15, 0.2) is 5.84 Å². The molecule has 1 N–H and O–H groups in total. The standard InChI is InChI=1S/C36H29Br2N3O4/c1-42-27-13-23(14-28(17-27)43-2)31-19-33(21-5-9-25(37)10-6-21)39-35(31)41-36-32(24-15-29(44-3)18-30(16-24)45-4)20-34(40-36)22-7-11-26(38)12-8-22/h5-20,39H,1-4H3/b41-36-. The lowest BCUT2D eigenvalue weighted by atomic mass is 10.0. The monoisotopic (exact) mass is 725 g/mol. The number of aliphatic imine (C=N–C) groups is 2. The molecule has 5 aromatic rings. The Bertz CT molecular complexity index is 1920. The molecule has 0 unspecified atom stereocenters. The molecule has 0 saturated heterocycles. The molecule has 1 aliphatic heterocycles. The Hall–Kier alpha value is -4.60. The zero-order valence-corrected chi connectivity index (χ0v) is 28.2. The van der Waals surface area contributed by atoms with Crippen LogP contribution in [0.4, 0.5) is 5.82 Å². The van der Waals surface area contributed by atoms with Crippen molar-refractivity contribution >= 4 is 54.8 Å². The first-order valence-corrected chi connectivity index (χ1v) is 15.6. The number of hydrogen-bond donors (Lipinski definition) is 1. The molecule has 1 aromatic heterocycles. The summed E-state index contributed by atoms with van der Waals surface area (Å²) < 4.78 is 24.4. The van der Waals surface area contributed by atoms with Gasteiger partial charge < -0.3 is 23.9 Å². The van der Waals surface area contributed by atoms with Gasteiger partial charge in [0, 0.05) is 43.5 Å². The highest BCUT2D eigenvalue weighted by Gasteiger charge is 2.23. The molecule has 0 bridgehead atoms. The lowest BCUT2D eigenvalue weighted by molar-refractivity contribution is 0.394. The fourth-order valence-electron chi connectivity index (χ4n) is 5.04. The minimum atomic E-state index is 0.545. The normalized spacial score (nSPS) is 13.4. The predicted octanol–water partition coefficient (Wildman–Crippen LogP) is 9.52. The Morgan fingerprint density at radius 2 is 1.07 bits per heavy atom. The molecule has 7 nitrogen and oxygen atoms in total. The lowest BCUT2D eigenvalue weighted by Crippen LogP contribution is -1.97. The van der Waals surface area contributed by atoms with Gasteiger partial charge in [0.1, 0.15) is 28.8 Å². The van der Waals surface area contributed by atoms with E-state index in [1.807, 2.05) is 78.9 Å². The van der Waals surface area contributed by atoms with Crippen molar-refractivity contribution in [2.24, 2.45) is 9.98 Å². The van der Waals surface area contributed by atoms with Crippen LogP contribution in [0, 0.1) is 0 Å². The summed E-state index contributed by atoms with van der Waals surface area (Å²) in [5.41, 5.74) is 7.13. The number of aromatic nitrogens is 1. The highest BCUT2D eigenvalue weighted by atomic mass is 79.9. The highest BCUT2D eigenvalue weighted by Crippen LogP contribution is 2.40. The molecule has 0 spiro atoms. The van der Waals surface area contributed by atoms with Gasteiger partial charge in [0.2, 0.25) is 0 Å². The quantitative estimate of drug-likeness (QED) is 0.164. The number of H-pyrrole nitrogens is 1. The molecule has 0 fully saturated rings. The molecule has 0 amide bonds. The topological polar surface area (TPSA) is 77.4 Å². The maximum absolute atomic E-state index is 5.60. The molecule has 2 heterocycles. The van der Waals surface area contributed by atoms with Gasteiger partial charge in [-0.05, 0) is 77.4 Å². The van der Waals surface area contributed by atoms with Gasteiger partial charge in [-0.3, -0.25) is 0 Å². The van der Waals surface area contributed by atoms with Gasteiger partial charge in [-0.25, -0.2) is 9.98 Å². The Morgan fingerprint density at radius 1 is 0.578 bits per heavy atom. The number of benzene rings is 4. The van der Waals surface area contributed by atoms with E-state index in [-0.39, 0.29) is 0 Å². The van der Waals surface area contributed by atoms with E-state index < -0.39 is 0 Å². The van der Waals surface area contributed by atoms with E-state index in [1.54, 1.807) is 28.4 Å². The Balaban J connectivity index is 1.56. The Labute approximate surface area is 278 Å². The molecule has 45 heavy (non-hydrogen) atoms. The summed E-state index contributed by atoms with van der Waals surface area (Å²) in [6.45, 7) is 0. The van der Waals surface area contributed by atoms with Gasteiger partial charge in [-0.1, -0.05) is 56.1 Å². The molecule has 6 rings (SSSR count). The summed E-state index contributed by atoms with van der Waals surface area (Å²) in [5, 5.41) is 0. The number of nitrogens with zero attached hydrogens (tertiary/aromatic N) is 2. The van der Waals surface area contributed by atoms with Crippen LogP contribution in [-0.2, 0) is 0 Å². The maximum Gasteiger partial charge on any atom is 0.162 e. The maximum atomic E-state index is 5.60. The van der Waals surface area contributed by atoms with Crippen molar-refractivity contribution < 1.29 is 18.9 Å². The zero-order valence-electron chi connectivity index (χ0n) is 25.0. The third kappa shape index (κ3) is 6.60. The van der Waals surface area contributed by atoms with Crippen molar-refractivity contribution in [3.05, 3.63) is 117 Å². The third-order valence-electron chi connectivity index (χ3n) is 7.38. The second-order valence-electron chi connectivity index (χ2n) is 10.2. The molecular weight excluding hydrogens is 698 g/mol. The molecule has 4 aromatic carbocycles. The van der Waals surface area contributed by atoms with Crippen LogP contribution in [0.25, 0.3) is 28.0 Å². The van der Waals surface area contributed by atoms with Crippen LogP contribution in [0.5, 0.6) is 23.0 Å². The van der Waals surface area contributed by atoms with Crippen molar-refractivity contribution in [3.8, 4) is 45.4 Å². The zero-order chi connectivity index (χ0) is 31.5. The number of rotatable bonds is 9. The molecule has 226 valence electrons. The van der Waals surface area contributed by atoms with E-state index in [2.05, 4.69) is 55.0 Å². The Morgan fingerprint density at radius 3 is 1.58 bits per heavy atom. The average molecular weight is 727 g/mol. The van der Waals surface area contributed by atoms with Crippen LogP contribution in [0.2, 0.25) is 0 Å². The van der Waals surface area contributed by atoms with Crippen LogP contribution in [-0.4, -0.2) is 45.0 Å². The number of amidine groups is 1. The molecule has 0 atom stereocenters. The van der Waals surface area contributed by atoms with Gasteiger partial charge in [-0.2, -0.15) is 0 Å². The fraction of sp³-hybridized carbons (Fsp3) is 0.111. The predicted molar refractivity (Wildman–Crippen MR) is 188 cm³/mol. The van der Waals surface area contributed by atoms with E-state index in [9.17, 15) is 0 Å². The summed E-state index contributed by atoms with van der Waals surface area (Å²) >= 11 is 7.08. The Kier molecular flexibility index (Phi) is 8.91. The van der Waals surface area contributed by atoms with Crippen molar-refractivity contribution in [2.75, 3.05) is 28.4 Å². The number of allylic oxidation sites excluding steroid dienone is 1. The molecule has 1 aliphatic rings. The van der Waals surface area contributed by atoms with Crippen molar-refractivity contribution in [1.82, 2.24) is 4.98 Å². The van der Waals surface area contributed by atoms with E-state index in [0.717, 1.165) is 53.7 Å². The second-order valence-corrected chi connectivity index (χ2v) is 12.0. The summed E-state index contributed by atoms with van der Waals surface area (Å²) in [7, 11) is 6.55. The molecule has 0 saturated carbocycles. The fourth-order valence-corrected chi connectivity index (χ4v) is 5.57. The van der Waals surface area contributed by atoms with E-state index >= 15 is 0 Å². The van der Waals surface area contributed by atoms with Crippen LogP contribution in [0.1, 0.15) is 11.1 Å². The van der Waals surface area contributed by atoms with Crippen LogP contribution in [0.15, 0.2) is 116 Å². The minimum Gasteiger partial charge on any atom is -0.497 e. The average Bonchev–Trinajstić information content (AvgIpc) is 3.69. The number of ether oxygens (including phenoxy) is 4. The lowest BCUT2D eigenvalue weighted by Gasteiger charge is -2.10. The van der Waals surface area contributed by atoms with Gasteiger partial charge in [0.25, 0.3) is 0 Å². The molecular formula is C36H29Br2N3O4. The first kappa shape index (κ1) is 30.4. The van der Waals surface area contributed by atoms with Crippen molar-refractivity contribution in [1.29, 1.82) is 0 Å². The largest absolute Gasteiger partial charge is 0.497 e. The van der Waals surface area contributed by atoms with Crippen LogP contribution in [0.3, 0.4) is 0 Å². The van der Waals surface area contributed by atoms with E-state index in [4.69, 9.17) is 28.9 Å². The number of aromatic amines is 1. The van der Waals surface area contributed by atoms with E-state index in [0.29, 0.717) is 34.7 Å². The minimum absolute atomic E-state index is 0.545. The number of methoxy groups -OCH3 is 4. The first-order chi connectivity index (χ1) is 21.9. The number of hydrogen-bond acceptors (Lipinski definition) is 5. The summed E-state index contributed by atoms with van der Waals surface area (Å²) in [6, 6.07) is 29.8. The van der Waals surface area contributed by atoms with Crippen molar-refractivity contribution in [3.63, 3.8) is 0 Å². The van der Waals surface area contributed by atoms with Gasteiger partial charge >= 0.3 is 0 Å². The van der Waals surface area contributed by atoms with Crippen molar-refractivity contribution in [2.45, 2.75) is 0 Å². The SMILES string of the molecule is COc1cc(OC)cc(C2=CC(c3ccc(Br)cc3)=N/C2=N\c2[nH]c(-c3ccc(Br)cc3)cc2-c2cc(OC)cc(OC)c2)c1. The van der Waals surface area contributed by atoms with Gasteiger partial charge in [-0.15, -0.1) is 0 Å². The third-order valence-corrected chi connectivity index (χ3v) is 8.44. The smallest absolute Gasteiger partial charge is 0.162 e. The first-order valence-electron chi connectivity index (χ1n) is 14.0. The number of halogens is 2. The number of nitrogens with one attached hydrogen (secondary N) is 1. The summed E-state index contributed by atoms with van der Waals surface area (Å²) in [6.07, 6.45) is 2.04. The molecule has 0 aliphatic carbocycles. The van der Waals surface area contributed by atoms with E-state index in [1.165, 1.54) is 0 Å². The van der Waals surface area contributed by atoms with Crippen LogP contribution < -0.4 is 18.9 Å². The second kappa shape index (κ2) is 13.2. The molecule has 9 heteroatoms. The van der Waals surface area contributed by atoms with Gasteiger partial charge in [0.05, 0.1) is 34.2 Å². The van der Waals surface area contributed by atoms with Crippen LogP contribution >= 0.6 is 31.9 Å².